The molecule has 0 aliphatic carbocycles. The lowest BCUT2D eigenvalue weighted by Crippen LogP contribution is -2.12. The first-order valence-corrected chi connectivity index (χ1v) is 6.89. The maximum absolute atomic E-state index is 3.32. The van der Waals surface area contributed by atoms with E-state index in [-0.39, 0.29) is 0 Å². The van der Waals surface area contributed by atoms with Crippen LogP contribution >= 0.6 is 0 Å². The normalized spacial score (nSPS) is 11.3. The minimum atomic E-state index is 0.334. The smallest absolute Gasteiger partial charge is 0.0270 e. The summed E-state index contributed by atoms with van der Waals surface area (Å²) in [6, 6.07) is 21.3. The Balaban J connectivity index is 2.22. The van der Waals surface area contributed by atoms with Crippen molar-refractivity contribution >= 4 is 0 Å². The molecule has 19 heavy (non-hydrogen) atoms. The number of benzene rings is 2. The predicted molar refractivity (Wildman–Crippen MR) is 82.4 cm³/mol. The van der Waals surface area contributed by atoms with Crippen LogP contribution in [-0.2, 0) is 0 Å². The molecule has 2 aromatic carbocycles. The molecule has 98 valence electrons. The first kappa shape index (κ1) is 13.6. The molecular weight excluding hydrogens is 230 g/mol. The van der Waals surface area contributed by atoms with E-state index in [2.05, 4.69) is 85.1 Å². The van der Waals surface area contributed by atoms with Crippen LogP contribution in [0.15, 0.2) is 72.8 Å². The van der Waals surface area contributed by atoms with Gasteiger partial charge >= 0.3 is 0 Å². The van der Waals surface area contributed by atoms with E-state index in [4.69, 9.17) is 0 Å². The highest BCUT2D eigenvalue weighted by molar-refractivity contribution is 5.36. The highest BCUT2D eigenvalue weighted by Crippen LogP contribution is 2.25. The molecule has 0 saturated carbocycles. The summed E-state index contributed by atoms with van der Waals surface area (Å²) in [6.45, 7) is 4.05. The lowest BCUT2D eigenvalue weighted by Gasteiger charge is -2.14. The minimum absolute atomic E-state index is 0.334. The molecule has 0 aliphatic heterocycles. The van der Waals surface area contributed by atoms with Crippen LogP contribution in [0, 0.1) is 0 Å². The highest BCUT2D eigenvalue weighted by atomic mass is 14.8. The number of nitrogens with one attached hydrogen (secondary N) is 1. The van der Waals surface area contributed by atoms with E-state index in [9.17, 15) is 0 Å². The van der Waals surface area contributed by atoms with Crippen molar-refractivity contribution in [3.8, 4) is 0 Å². The largest absolute Gasteiger partial charge is 0.314 e. The number of likely N-dealkylation sites (N-methyl/N-ethyl adjacent to an activating group) is 1. The van der Waals surface area contributed by atoms with Gasteiger partial charge in [-0.25, -0.2) is 0 Å². The zero-order valence-electron chi connectivity index (χ0n) is 11.4. The number of rotatable bonds is 6. The molecule has 2 rings (SSSR count). The standard InChI is InChI=1S/C18H21N/c1-2-19-15-9-14-18(16-10-5-3-6-11-16)17-12-7-4-8-13-17/h3-14,18-19H,2,15H2,1H3/b14-9+. The van der Waals surface area contributed by atoms with Gasteiger partial charge in [-0.3, -0.25) is 0 Å². The monoisotopic (exact) mass is 251 g/mol. The van der Waals surface area contributed by atoms with Crippen molar-refractivity contribution in [1.82, 2.24) is 5.32 Å². The van der Waals surface area contributed by atoms with E-state index in [0.29, 0.717) is 5.92 Å². The van der Waals surface area contributed by atoms with Gasteiger partial charge in [0.1, 0.15) is 0 Å². The lowest BCUT2D eigenvalue weighted by atomic mass is 9.91. The van der Waals surface area contributed by atoms with Crippen LogP contribution in [0.5, 0.6) is 0 Å². The fourth-order valence-corrected chi connectivity index (χ4v) is 2.17. The third kappa shape index (κ3) is 4.08. The summed E-state index contributed by atoms with van der Waals surface area (Å²) in [6.07, 6.45) is 4.50. The van der Waals surface area contributed by atoms with Gasteiger partial charge in [-0.2, -0.15) is 0 Å². The summed E-state index contributed by atoms with van der Waals surface area (Å²) >= 11 is 0. The third-order valence-corrected chi connectivity index (χ3v) is 3.16. The summed E-state index contributed by atoms with van der Waals surface area (Å²) < 4.78 is 0. The molecule has 1 nitrogen and oxygen atoms in total. The Morgan fingerprint density at radius 1 is 0.895 bits per heavy atom. The van der Waals surface area contributed by atoms with Gasteiger partial charge in [0.25, 0.3) is 0 Å². The Hall–Kier alpha value is -1.86. The summed E-state index contributed by atoms with van der Waals surface area (Å²) in [4.78, 5) is 0. The van der Waals surface area contributed by atoms with Crippen molar-refractivity contribution in [1.29, 1.82) is 0 Å². The molecule has 0 bridgehead atoms. The molecule has 2 aromatic rings. The molecule has 1 heteroatoms. The van der Waals surface area contributed by atoms with Gasteiger partial charge in [0.15, 0.2) is 0 Å². The maximum Gasteiger partial charge on any atom is 0.0270 e. The zero-order valence-corrected chi connectivity index (χ0v) is 11.4. The topological polar surface area (TPSA) is 12.0 Å². The predicted octanol–water partition coefficient (Wildman–Crippen LogP) is 3.98. The zero-order chi connectivity index (χ0) is 13.3. The Morgan fingerprint density at radius 2 is 1.42 bits per heavy atom. The van der Waals surface area contributed by atoms with Crippen LogP contribution in [0.25, 0.3) is 0 Å². The van der Waals surface area contributed by atoms with Gasteiger partial charge in [0.05, 0.1) is 0 Å². The van der Waals surface area contributed by atoms with E-state index in [1.54, 1.807) is 0 Å². The average Bonchev–Trinajstić information content (AvgIpc) is 2.49. The highest BCUT2D eigenvalue weighted by Gasteiger charge is 2.09. The first-order chi connectivity index (χ1) is 9.42. The van der Waals surface area contributed by atoms with Gasteiger partial charge in [-0.15, -0.1) is 0 Å². The van der Waals surface area contributed by atoms with Crippen molar-refractivity contribution in [2.24, 2.45) is 0 Å². The quantitative estimate of drug-likeness (QED) is 0.605. The molecular formula is C18H21N. The van der Waals surface area contributed by atoms with Crippen LogP contribution in [0.1, 0.15) is 24.0 Å². The molecule has 0 saturated heterocycles. The molecule has 0 aliphatic rings. The summed E-state index contributed by atoms with van der Waals surface area (Å²) in [5, 5.41) is 3.32. The second kappa shape index (κ2) is 7.55. The average molecular weight is 251 g/mol. The Morgan fingerprint density at radius 3 is 1.89 bits per heavy atom. The molecule has 0 atom stereocenters. The number of hydrogen-bond donors (Lipinski definition) is 1. The van der Waals surface area contributed by atoms with Crippen LogP contribution < -0.4 is 5.32 Å². The number of allylic oxidation sites excluding steroid dienone is 1. The molecule has 0 radical (unpaired) electrons. The lowest BCUT2D eigenvalue weighted by molar-refractivity contribution is 0.796. The van der Waals surface area contributed by atoms with Gasteiger partial charge in [0, 0.05) is 12.5 Å². The van der Waals surface area contributed by atoms with Gasteiger partial charge in [0.2, 0.25) is 0 Å². The van der Waals surface area contributed by atoms with E-state index in [1.165, 1.54) is 11.1 Å². The second-order valence-corrected chi connectivity index (χ2v) is 4.53. The van der Waals surface area contributed by atoms with Crippen molar-refractivity contribution in [3.63, 3.8) is 0 Å². The molecule has 0 unspecified atom stereocenters. The molecule has 0 fully saturated rings. The SMILES string of the molecule is CCNC/C=C/C(c1ccccc1)c1ccccc1. The van der Waals surface area contributed by atoms with Crippen molar-refractivity contribution < 1.29 is 0 Å². The Bertz CT molecular complexity index is 448. The van der Waals surface area contributed by atoms with E-state index >= 15 is 0 Å². The Kier molecular flexibility index (Phi) is 5.39. The fourth-order valence-electron chi connectivity index (χ4n) is 2.17. The Labute approximate surface area is 116 Å². The molecule has 0 amide bonds. The summed E-state index contributed by atoms with van der Waals surface area (Å²) in [5.74, 6) is 0.334. The van der Waals surface area contributed by atoms with Crippen molar-refractivity contribution in [2.45, 2.75) is 12.8 Å². The van der Waals surface area contributed by atoms with Crippen molar-refractivity contribution in [3.05, 3.63) is 83.9 Å². The van der Waals surface area contributed by atoms with Crippen LogP contribution in [0.3, 0.4) is 0 Å². The fraction of sp³-hybridized carbons (Fsp3) is 0.222. The third-order valence-electron chi connectivity index (χ3n) is 3.16. The number of hydrogen-bond acceptors (Lipinski definition) is 1. The van der Waals surface area contributed by atoms with Crippen LogP contribution in [0.4, 0.5) is 0 Å². The van der Waals surface area contributed by atoms with E-state index in [0.717, 1.165) is 13.1 Å². The van der Waals surface area contributed by atoms with Crippen LogP contribution in [0.2, 0.25) is 0 Å². The van der Waals surface area contributed by atoms with Crippen molar-refractivity contribution in [2.75, 3.05) is 13.1 Å². The summed E-state index contributed by atoms with van der Waals surface area (Å²) in [5.41, 5.74) is 2.67. The molecule has 1 N–H and O–H groups in total. The molecule has 0 heterocycles. The molecule has 0 spiro atoms. The summed E-state index contributed by atoms with van der Waals surface area (Å²) in [7, 11) is 0. The molecule has 0 aromatic heterocycles. The van der Waals surface area contributed by atoms with E-state index < -0.39 is 0 Å². The van der Waals surface area contributed by atoms with Gasteiger partial charge in [-0.05, 0) is 17.7 Å². The second-order valence-electron chi connectivity index (χ2n) is 4.53. The maximum atomic E-state index is 3.32. The van der Waals surface area contributed by atoms with E-state index in [1.807, 2.05) is 0 Å². The van der Waals surface area contributed by atoms with Gasteiger partial charge < -0.3 is 5.32 Å². The first-order valence-electron chi connectivity index (χ1n) is 6.89. The van der Waals surface area contributed by atoms with Crippen LogP contribution in [-0.4, -0.2) is 13.1 Å². The minimum Gasteiger partial charge on any atom is -0.314 e. The van der Waals surface area contributed by atoms with Gasteiger partial charge in [-0.1, -0.05) is 79.7 Å².